The molecule has 0 N–H and O–H groups in total. The summed E-state index contributed by atoms with van der Waals surface area (Å²) in [6.45, 7) is 2.46. The van der Waals surface area contributed by atoms with Gasteiger partial charge in [-0.1, -0.05) is 6.07 Å². The summed E-state index contributed by atoms with van der Waals surface area (Å²) in [5.74, 6) is 1.29. The van der Waals surface area contributed by atoms with Crippen LogP contribution in [0.4, 0.5) is 0 Å². The molecule has 0 aromatic heterocycles. The smallest absolute Gasteiger partial charge is 0.222 e. The predicted octanol–water partition coefficient (Wildman–Crippen LogP) is 2.96. The summed E-state index contributed by atoms with van der Waals surface area (Å²) >= 11 is 0. The third-order valence-corrected chi connectivity index (χ3v) is 4.33. The van der Waals surface area contributed by atoms with Crippen LogP contribution in [-0.4, -0.2) is 30.5 Å². The number of amides is 1. The molecule has 1 aliphatic carbocycles. The summed E-state index contributed by atoms with van der Waals surface area (Å²) in [6, 6.07) is 6.51. The molecule has 0 spiro atoms. The SMILES string of the molecule is O=C1CCCN1CCCOc1ccc2c(c1)CCCC2. The van der Waals surface area contributed by atoms with Crippen LogP contribution >= 0.6 is 0 Å². The summed E-state index contributed by atoms with van der Waals surface area (Å²) in [4.78, 5) is 13.4. The highest BCUT2D eigenvalue weighted by atomic mass is 16.5. The van der Waals surface area contributed by atoms with Crippen LogP contribution in [0.1, 0.15) is 43.2 Å². The van der Waals surface area contributed by atoms with Crippen molar-refractivity contribution in [2.24, 2.45) is 0 Å². The first kappa shape index (κ1) is 13.5. The molecular weight excluding hydrogens is 250 g/mol. The highest BCUT2D eigenvalue weighted by Gasteiger charge is 2.19. The Labute approximate surface area is 120 Å². The highest BCUT2D eigenvalue weighted by molar-refractivity contribution is 5.77. The van der Waals surface area contributed by atoms with Crippen LogP contribution < -0.4 is 4.74 Å². The third kappa shape index (κ3) is 3.14. The second-order valence-electron chi connectivity index (χ2n) is 5.82. The topological polar surface area (TPSA) is 29.5 Å². The molecule has 108 valence electrons. The van der Waals surface area contributed by atoms with Crippen molar-refractivity contribution in [2.45, 2.75) is 44.9 Å². The Morgan fingerprint density at radius 2 is 1.90 bits per heavy atom. The van der Waals surface area contributed by atoms with E-state index in [1.807, 2.05) is 4.90 Å². The van der Waals surface area contributed by atoms with Crippen molar-refractivity contribution in [1.29, 1.82) is 0 Å². The molecular formula is C17H23NO2. The lowest BCUT2D eigenvalue weighted by atomic mass is 9.92. The summed E-state index contributed by atoms with van der Waals surface area (Å²) in [7, 11) is 0. The van der Waals surface area contributed by atoms with Gasteiger partial charge in [0.2, 0.25) is 5.91 Å². The number of hydrogen-bond acceptors (Lipinski definition) is 2. The number of likely N-dealkylation sites (tertiary alicyclic amines) is 1. The summed E-state index contributed by atoms with van der Waals surface area (Å²) in [5, 5.41) is 0. The van der Waals surface area contributed by atoms with Crippen LogP contribution in [-0.2, 0) is 17.6 Å². The normalized spacial score (nSPS) is 18.2. The number of nitrogens with zero attached hydrogens (tertiary/aromatic N) is 1. The maximum Gasteiger partial charge on any atom is 0.222 e. The van der Waals surface area contributed by atoms with Gasteiger partial charge >= 0.3 is 0 Å². The Balaban J connectivity index is 1.45. The molecule has 1 amide bonds. The zero-order chi connectivity index (χ0) is 13.8. The van der Waals surface area contributed by atoms with Gasteiger partial charge in [-0.05, 0) is 61.8 Å². The molecule has 1 saturated heterocycles. The first-order valence-corrected chi connectivity index (χ1v) is 7.85. The van der Waals surface area contributed by atoms with Crippen LogP contribution in [0.3, 0.4) is 0 Å². The number of carbonyl (C=O) groups is 1. The molecule has 0 bridgehead atoms. The number of carbonyl (C=O) groups excluding carboxylic acids is 1. The van der Waals surface area contributed by atoms with Gasteiger partial charge in [-0.15, -0.1) is 0 Å². The number of aryl methyl sites for hydroxylation is 2. The summed E-state index contributed by atoms with van der Waals surface area (Å²) in [5.41, 5.74) is 2.95. The van der Waals surface area contributed by atoms with E-state index in [0.29, 0.717) is 12.5 Å². The minimum Gasteiger partial charge on any atom is -0.494 e. The lowest BCUT2D eigenvalue weighted by molar-refractivity contribution is -0.127. The van der Waals surface area contributed by atoms with Crippen LogP contribution in [0.2, 0.25) is 0 Å². The first-order valence-electron chi connectivity index (χ1n) is 7.85. The first-order chi connectivity index (χ1) is 9.83. The van der Waals surface area contributed by atoms with Crippen molar-refractivity contribution in [3.05, 3.63) is 29.3 Å². The van der Waals surface area contributed by atoms with Crippen LogP contribution in [0.5, 0.6) is 5.75 Å². The minimum absolute atomic E-state index is 0.304. The molecule has 1 aliphatic heterocycles. The fraction of sp³-hybridized carbons (Fsp3) is 0.588. The quantitative estimate of drug-likeness (QED) is 0.772. The molecule has 2 aliphatic rings. The van der Waals surface area contributed by atoms with Gasteiger partial charge in [0.1, 0.15) is 5.75 Å². The number of benzene rings is 1. The molecule has 3 heteroatoms. The van der Waals surface area contributed by atoms with Crippen molar-refractivity contribution >= 4 is 5.91 Å². The molecule has 3 rings (SSSR count). The maximum atomic E-state index is 11.5. The monoisotopic (exact) mass is 273 g/mol. The van der Waals surface area contributed by atoms with Gasteiger partial charge in [0.25, 0.3) is 0 Å². The molecule has 1 aromatic carbocycles. The average molecular weight is 273 g/mol. The van der Waals surface area contributed by atoms with E-state index in [1.165, 1.54) is 36.8 Å². The molecule has 0 radical (unpaired) electrons. The van der Waals surface area contributed by atoms with Gasteiger partial charge in [0, 0.05) is 19.5 Å². The van der Waals surface area contributed by atoms with E-state index in [9.17, 15) is 4.79 Å². The molecule has 1 heterocycles. The second kappa shape index (κ2) is 6.29. The molecule has 0 atom stereocenters. The maximum absolute atomic E-state index is 11.5. The minimum atomic E-state index is 0.304. The van der Waals surface area contributed by atoms with Gasteiger partial charge in [-0.25, -0.2) is 0 Å². The van der Waals surface area contributed by atoms with Crippen molar-refractivity contribution in [3.63, 3.8) is 0 Å². The molecule has 0 unspecified atom stereocenters. The van der Waals surface area contributed by atoms with E-state index >= 15 is 0 Å². The number of hydrogen-bond donors (Lipinski definition) is 0. The third-order valence-electron chi connectivity index (χ3n) is 4.33. The summed E-state index contributed by atoms with van der Waals surface area (Å²) in [6.07, 6.45) is 7.69. The van der Waals surface area contributed by atoms with E-state index < -0.39 is 0 Å². The molecule has 1 fully saturated rings. The van der Waals surface area contributed by atoms with Crippen LogP contribution in [0, 0.1) is 0 Å². The fourth-order valence-electron chi connectivity index (χ4n) is 3.19. The van der Waals surface area contributed by atoms with Crippen molar-refractivity contribution in [3.8, 4) is 5.75 Å². The van der Waals surface area contributed by atoms with Crippen molar-refractivity contribution in [2.75, 3.05) is 19.7 Å². The predicted molar refractivity (Wildman–Crippen MR) is 79.0 cm³/mol. The number of fused-ring (bicyclic) bond motifs is 1. The van der Waals surface area contributed by atoms with Gasteiger partial charge in [-0.3, -0.25) is 4.79 Å². The van der Waals surface area contributed by atoms with Crippen molar-refractivity contribution < 1.29 is 9.53 Å². The van der Waals surface area contributed by atoms with Crippen molar-refractivity contribution in [1.82, 2.24) is 4.90 Å². The standard InChI is InChI=1S/C17H23NO2/c19-17-7-3-10-18(17)11-4-12-20-16-9-8-14-5-1-2-6-15(14)13-16/h8-9,13H,1-7,10-12H2. The van der Waals surface area contributed by atoms with Gasteiger partial charge in [-0.2, -0.15) is 0 Å². The molecule has 1 aromatic rings. The van der Waals surface area contributed by atoms with E-state index in [2.05, 4.69) is 18.2 Å². The molecule has 3 nitrogen and oxygen atoms in total. The summed E-state index contributed by atoms with van der Waals surface area (Å²) < 4.78 is 5.83. The lowest BCUT2D eigenvalue weighted by Crippen LogP contribution is -2.26. The Bertz CT molecular complexity index is 484. The number of ether oxygens (including phenoxy) is 1. The fourth-order valence-corrected chi connectivity index (χ4v) is 3.19. The van der Waals surface area contributed by atoms with Crippen LogP contribution in [0.25, 0.3) is 0 Å². The Morgan fingerprint density at radius 3 is 2.70 bits per heavy atom. The zero-order valence-electron chi connectivity index (χ0n) is 12.1. The van der Waals surface area contributed by atoms with Gasteiger partial charge in [0.05, 0.1) is 6.61 Å². The number of rotatable bonds is 5. The van der Waals surface area contributed by atoms with E-state index in [1.54, 1.807) is 0 Å². The van der Waals surface area contributed by atoms with Gasteiger partial charge in [0.15, 0.2) is 0 Å². The van der Waals surface area contributed by atoms with Crippen LogP contribution in [0.15, 0.2) is 18.2 Å². The second-order valence-corrected chi connectivity index (χ2v) is 5.82. The van der Waals surface area contributed by atoms with Gasteiger partial charge < -0.3 is 9.64 Å². The molecule has 20 heavy (non-hydrogen) atoms. The Morgan fingerprint density at radius 1 is 1.05 bits per heavy atom. The largest absolute Gasteiger partial charge is 0.494 e. The Hall–Kier alpha value is -1.51. The molecule has 0 saturated carbocycles. The van der Waals surface area contributed by atoms with E-state index in [4.69, 9.17) is 4.74 Å². The van der Waals surface area contributed by atoms with E-state index in [0.717, 1.165) is 38.1 Å². The highest BCUT2D eigenvalue weighted by Crippen LogP contribution is 2.25. The van der Waals surface area contributed by atoms with E-state index in [-0.39, 0.29) is 0 Å². The lowest BCUT2D eigenvalue weighted by Gasteiger charge is -2.18. The average Bonchev–Trinajstić information content (AvgIpc) is 2.89. The Kier molecular flexibility index (Phi) is 4.24. The zero-order valence-corrected chi connectivity index (χ0v) is 12.1.